The quantitative estimate of drug-likeness (QED) is 0.522. The third-order valence-electron chi connectivity index (χ3n) is 4.18. The molecule has 1 saturated heterocycles. The zero-order chi connectivity index (χ0) is 19.7. The number of amidine groups is 1. The fourth-order valence-corrected chi connectivity index (χ4v) is 4.01. The Hall–Kier alpha value is -2.47. The van der Waals surface area contributed by atoms with E-state index in [-0.39, 0.29) is 5.91 Å². The Balaban J connectivity index is 1.64. The molecule has 1 aromatic heterocycles. The zero-order valence-electron chi connectivity index (χ0n) is 14.8. The molecule has 0 radical (unpaired) electrons. The summed E-state index contributed by atoms with van der Waals surface area (Å²) in [7, 11) is 0. The molecule has 1 amide bonds. The summed E-state index contributed by atoms with van der Waals surface area (Å²) >= 11 is 13.3. The molecule has 3 aromatic rings. The fraction of sp³-hybridized carbons (Fsp3) is 0.0476. The average molecular weight is 428 g/mol. The normalized spacial score (nSPS) is 16.8. The van der Waals surface area contributed by atoms with E-state index in [9.17, 15) is 4.79 Å². The Morgan fingerprint density at radius 2 is 1.82 bits per heavy atom. The molecule has 0 aliphatic carbocycles. The lowest BCUT2D eigenvalue weighted by atomic mass is 10.3. The third-order valence-corrected chi connectivity index (χ3v) is 5.83. The van der Waals surface area contributed by atoms with Gasteiger partial charge in [0.1, 0.15) is 0 Å². The second-order valence-electron chi connectivity index (χ2n) is 6.15. The molecule has 140 valence electrons. The van der Waals surface area contributed by atoms with Crippen molar-refractivity contribution in [1.82, 2.24) is 9.88 Å². The number of hydrogen-bond donors (Lipinski definition) is 1. The number of aliphatic imine (C=N–C) groups is 1. The highest BCUT2D eigenvalue weighted by atomic mass is 35.5. The van der Waals surface area contributed by atoms with Crippen LogP contribution in [0.3, 0.4) is 0 Å². The van der Waals surface area contributed by atoms with Gasteiger partial charge in [-0.1, -0.05) is 41.4 Å². The number of nitrogens with one attached hydrogen (secondary N) is 1. The first-order valence-corrected chi connectivity index (χ1v) is 10.1. The number of hydrogen-bond acceptors (Lipinski definition) is 3. The van der Waals surface area contributed by atoms with Crippen LogP contribution in [0, 0.1) is 6.92 Å². The summed E-state index contributed by atoms with van der Waals surface area (Å²) < 4.78 is 2.11. The number of aryl methyl sites for hydroxylation is 1. The molecule has 28 heavy (non-hydrogen) atoms. The first-order valence-electron chi connectivity index (χ1n) is 8.50. The van der Waals surface area contributed by atoms with E-state index >= 15 is 0 Å². The maximum absolute atomic E-state index is 12.4. The Labute approximate surface area is 176 Å². The lowest BCUT2D eigenvalue weighted by Crippen LogP contribution is -2.19. The number of para-hydroxylation sites is 1. The molecule has 7 heteroatoms. The molecule has 0 atom stereocenters. The largest absolute Gasteiger partial charge is 0.314 e. The Kier molecular flexibility index (Phi) is 5.31. The zero-order valence-corrected chi connectivity index (χ0v) is 17.1. The van der Waals surface area contributed by atoms with Gasteiger partial charge in [-0.15, -0.1) is 0 Å². The van der Waals surface area contributed by atoms with Crippen molar-refractivity contribution in [2.45, 2.75) is 6.92 Å². The van der Waals surface area contributed by atoms with Crippen LogP contribution in [-0.4, -0.2) is 15.6 Å². The summed E-state index contributed by atoms with van der Waals surface area (Å²) in [6, 6.07) is 19.1. The summed E-state index contributed by atoms with van der Waals surface area (Å²) in [5.41, 5.74) is 3.69. The molecular formula is C21H15Cl2N3OS. The Bertz CT molecular complexity index is 1120. The number of nitrogens with zero attached hydrogens (tertiary/aromatic N) is 2. The SMILES string of the molecule is Cc1ccc(/C=C2\SC(=Nc3ccc(Cl)c(Cl)c3)NC2=O)n1-c1ccccc1. The Morgan fingerprint density at radius 1 is 1.04 bits per heavy atom. The summed E-state index contributed by atoms with van der Waals surface area (Å²) in [5.74, 6) is -0.178. The van der Waals surface area contributed by atoms with Crippen LogP contribution in [0.1, 0.15) is 11.4 Å². The molecule has 1 aliphatic heterocycles. The van der Waals surface area contributed by atoms with Gasteiger partial charge in [-0.3, -0.25) is 4.79 Å². The predicted octanol–water partition coefficient (Wildman–Crippen LogP) is 5.98. The predicted molar refractivity (Wildman–Crippen MR) is 118 cm³/mol. The van der Waals surface area contributed by atoms with Crippen molar-refractivity contribution in [3.63, 3.8) is 0 Å². The van der Waals surface area contributed by atoms with Crippen molar-refractivity contribution in [3.8, 4) is 5.69 Å². The van der Waals surface area contributed by atoms with E-state index < -0.39 is 0 Å². The van der Waals surface area contributed by atoms with Gasteiger partial charge in [-0.05, 0) is 67.2 Å². The van der Waals surface area contributed by atoms with Crippen molar-refractivity contribution in [3.05, 3.63) is 87.0 Å². The number of carbonyl (C=O) groups excluding carboxylic acids is 1. The van der Waals surface area contributed by atoms with Crippen molar-refractivity contribution in [2.24, 2.45) is 4.99 Å². The van der Waals surface area contributed by atoms with Crippen molar-refractivity contribution < 1.29 is 4.79 Å². The molecular weight excluding hydrogens is 413 g/mol. The highest BCUT2D eigenvalue weighted by Gasteiger charge is 2.24. The van der Waals surface area contributed by atoms with Gasteiger partial charge < -0.3 is 9.88 Å². The minimum Gasteiger partial charge on any atom is -0.314 e. The molecule has 4 nitrogen and oxygen atoms in total. The number of rotatable bonds is 3. The van der Waals surface area contributed by atoms with E-state index in [1.165, 1.54) is 11.8 Å². The van der Waals surface area contributed by atoms with Gasteiger partial charge >= 0.3 is 0 Å². The van der Waals surface area contributed by atoms with Crippen molar-refractivity contribution >= 4 is 57.8 Å². The smallest absolute Gasteiger partial charge is 0.264 e. The summed E-state index contributed by atoms with van der Waals surface area (Å²) in [5, 5.41) is 4.18. The number of thioether (sulfide) groups is 1. The van der Waals surface area contributed by atoms with Crippen molar-refractivity contribution in [2.75, 3.05) is 0 Å². The summed E-state index contributed by atoms with van der Waals surface area (Å²) in [4.78, 5) is 17.4. The van der Waals surface area contributed by atoms with E-state index in [0.29, 0.717) is 25.8 Å². The van der Waals surface area contributed by atoms with E-state index in [1.807, 2.05) is 55.5 Å². The molecule has 4 rings (SSSR count). The minimum absolute atomic E-state index is 0.178. The Morgan fingerprint density at radius 3 is 2.57 bits per heavy atom. The molecule has 1 fully saturated rings. The number of amides is 1. The fourth-order valence-electron chi connectivity index (χ4n) is 2.89. The van der Waals surface area contributed by atoms with Crippen LogP contribution in [0.5, 0.6) is 0 Å². The van der Waals surface area contributed by atoms with E-state index in [4.69, 9.17) is 23.2 Å². The monoisotopic (exact) mass is 427 g/mol. The van der Waals surface area contributed by atoms with E-state index in [2.05, 4.69) is 14.9 Å². The van der Waals surface area contributed by atoms with Gasteiger partial charge in [0.05, 0.1) is 20.6 Å². The molecule has 0 unspecified atom stereocenters. The van der Waals surface area contributed by atoms with Gasteiger partial charge in [-0.25, -0.2) is 4.99 Å². The van der Waals surface area contributed by atoms with Crippen LogP contribution in [-0.2, 0) is 4.79 Å². The molecule has 0 spiro atoms. The van der Waals surface area contributed by atoms with Crippen LogP contribution in [0.2, 0.25) is 10.0 Å². The van der Waals surface area contributed by atoms with Crippen LogP contribution >= 0.6 is 35.0 Å². The molecule has 2 heterocycles. The van der Waals surface area contributed by atoms with Crippen molar-refractivity contribution in [1.29, 1.82) is 0 Å². The van der Waals surface area contributed by atoms with Crippen LogP contribution < -0.4 is 5.32 Å². The van der Waals surface area contributed by atoms with Gasteiger partial charge in [0, 0.05) is 17.1 Å². The first kappa shape index (κ1) is 18.9. The average Bonchev–Trinajstić information content (AvgIpc) is 3.21. The molecule has 0 saturated carbocycles. The summed E-state index contributed by atoms with van der Waals surface area (Å²) in [6.45, 7) is 2.04. The van der Waals surface area contributed by atoms with E-state index in [1.54, 1.807) is 18.2 Å². The first-order chi connectivity index (χ1) is 13.5. The maximum Gasteiger partial charge on any atom is 0.264 e. The summed E-state index contributed by atoms with van der Waals surface area (Å²) in [6.07, 6.45) is 1.87. The lowest BCUT2D eigenvalue weighted by Gasteiger charge is -2.09. The van der Waals surface area contributed by atoms with Gasteiger partial charge in [0.15, 0.2) is 5.17 Å². The molecule has 2 aromatic carbocycles. The number of halogens is 2. The molecule has 1 N–H and O–H groups in total. The second-order valence-corrected chi connectivity index (χ2v) is 8.00. The lowest BCUT2D eigenvalue weighted by molar-refractivity contribution is -0.115. The maximum atomic E-state index is 12.4. The topological polar surface area (TPSA) is 46.4 Å². The van der Waals surface area contributed by atoms with Crippen LogP contribution in [0.15, 0.2) is 70.6 Å². The third kappa shape index (κ3) is 3.87. The molecule has 1 aliphatic rings. The number of benzene rings is 2. The standard InChI is InChI=1S/C21H15Cl2N3OS/c1-13-7-9-16(26(13)15-5-3-2-4-6-15)12-19-20(27)25-21(28-19)24-14-8-10-17(22)18(23)11-14/h2-12H,1H3,(H,24,25,27)/b19-12-. The highest BCUT2D eigenvalue weighted by Crippen LogP contribution is 2.31. The van der Waals surface area contributed by atoms with Crippen LogP contribution in [0.25, 0.3) is 11.8 Å². The number of aromatic nitrogens is 1. The minimum atomic E-state index is -0.178. The number of carbonyl (C=O) groups is 1. The van der Waals surface area contributed by atoms with E-state index in [0.717, 1.165) is 17.1 Å². The van der Waals surface area contributed by atoms with Gasteiger partial charge in [-0.2, -0.15) is 0 Å². The highest BCUT2D eigenvalue weighted by molar-refractivity contribution is 8.18. The van der Waals surface area contributed by atoms with Gasteiger partial charge in [0.25, 0.3) is 5.91 Å². The molecule has 0 bridgehead atoms. The van der Waals surface area contributed by atoms with Gasteiger partial charge in [0.2, 0.25) is 0 Å². The van der Waals surface area contributed by atoms with Crippen LogP contribution in [0.4, 0.5) is 5.69 Å². The second kappa shape index (κ2) is 7.87.